The number of aromatic nitrogens is 2. The molecule has 23 heavy (non-hydrogen) atoms. The standard InChI is InChI=1S/C16H21BrN4O.ClH/c1-11(18)14-7-2-3-8-21(14)10-15-19-16(20-22-15)12-5-4-6-13(17)9-12;/h4-6,9,11,14H,2-3,7-8,10,18H2,1H3;1H. The van der Waals surface area contributed by atoms with Crippen LogP contribution in [0, 0.1) is 0 Å². The van der Waals surface area contributed by atoms with Gasteiger partial charge in [0.15, 0.2) is 0 Å². The lowest BCUT2D eigenvalue weighted by Gasteiger charge is -2.37. The Kier molecular flexibility index (Phi) is 6.59. The number of benzene rings is 1. The van der Waals surface area contributed by atoms with Gasteiger partial charge in [-0.2, -0.15) is 4.98 Å². The summed E-state index contributed by atoms with van der Waals surface area (Å²) in [4.78, 5) is 6.90. The SMILES string of the molecule is CC(N)C1CCCCN1Cc1nc(-c2cccc(Br)c2)no1.Cl. The average Bonchev–Trinajstić information content (AvgIpc) is 2.96. The van der Waals surface area contributed by atoms with Gasteiger partial charge in [-0.25, -0.2) is 0 Å². The zero-order valence-electron chi connectivity index (χ0n) is 13.1. The van der Waals surface area contributed by atoms with E-state index in [1.54, 1.807) is 0 Å². The molecule has 1 aromatic carbocycles. The molecule has 2 aromatic rings. The summed E-state index contributed by atoms with van der Waals surface area (Å²) in [5.41, 5.74) is 7.06. The fourth-order valence-electron chi connectivity index (χ4n) is 3.05. The van der Waals surface area contributed by atoms with Crippen molar-refractivity contribution in [1.82, 2.24) is 15.0 Å². The Morgan fingerprint density at radius 3 is 3.00 bits per heavy atom. The van der Waals surface area contributed by atoms with Crippen molar-refractivity contribution in [1.29, 1.82) is 0 Å². The van der Waals surface area contributed by atoms with Gasteiger partial charge in [0.2, 0.25) is 11.7 Å². The zero-order chi connectivity index (χ0) is 15.5. The molecule has 0 spiro atoms. The normalized spacial score (nSPS) is 20.0. The van der Waals surface area contributed by atoms with Crippen molar-refractivity contribution in [2.75, 3.05) is 6.54 Å². The van der Waals surface area contributed by atoms with Crippen LogP contribution in [0.2, 0.25) is 0 Å². The number of halogens is 2. The smallest absolute Gasteiger partial charge is 0.241 e. The lowest BCUT2D eigenvalue weighted by molar-refractivity contribution is 0.109. The number of nitrogens with two attached hydrogens (primary N) is 1. The molecule has 3 rings (SSSR count). The molecule has 2 atom stereocenters. The predicted octanol–water partition coefficient (Wildman–Crippen LogP) is 3.62. The first-order valence-electron chi connectivity index (χ1n) is 7.71. The fourth-order valence-corrected chi connectivity index (χ4v) is 3.45. The van der Waals surface area contributed by atoms with Crippen LogP contribution in [0.4, 0.5) is 0 Å². The van der Waals surface area contributed by atoms with Gasteiger partial charge >= 0.3 is 0 Å². The molecule has 0 radical (unpaired) electrons. The lowest BCUT2D eigenvalue weighted by atomic mass is 9.97. The molecule has 0 saturated carbocycles. The minimum absolute atomic E-state index is 0. The Morgan fingerprint density at radius 2 is 2.26 bits per heavy atom. The van der Waals surface area contributed by atoms with Crippen LogP contribution >= 0.6 is 28.3 Å². The van der Waals surface area contributed by atoms with Crippen molar-refractivity contribution >= 4 is 28.3 Å². The summed E-state index contributed by atoms with van der Waals surface area (Å²) < 4.78 is 6.43. The number of likely N-dealkylation sites (tertiary alicyclic amines) is 1. The number of hydrogen-bond donors (Lipinski definition) is 1. The van der Waals surface area contributed by atoms with E-state index < -0.39 is 0 Å². The number of rotatable bonds is 4. The molecular formula is C16H22BrClN4O. The van der Waals surface area contributed by atoms with E-state index in [-0.39, 0.29) is 18.4 Å². The van der Waals surface area contributed by atoms with Crippen molar-refractivity contribution < 1.29 is 4.52 Å². The van der Waals surface area contributed by atoms with E-state index in [1.807, 2.05) is 24.3 Å². The van der Waals surface area contributed by atoms with Crippen molar-refractivity contribution in [3.63, 3.8) is 0 Å². The van der Waals surface area contributed by atoms with E-state index >= 15 is 0 Å². The van der Waals surface area contributed by atoms with Gasteiger partial charge in [0.25, 0.3) is 0 Å². The quantitative estimate of drug-likeness (QED) is 0.847. The zero-order valence-corrected chi connectivity index (χ0v) is 15.5. The summed E-state index contributed by atoms with van der Waals surface area (Å²) in [5.74, 6) is 1.29. The summed E-state index contributed by atoms with van der Waals surface area (Å²) in [5, 5.41) is 4.10. The number of piperidine rings is 1. The third kappa shape index (κ3) is 4.53. The summed E-state index contributed by atoms with van der Waals surface area (Å²) in [6.45, 7) is 3.79. The van der Waals surface area contributed by atoms with Gasteiger partial charge in [0.1, 0.15) is 0 Å². The van der Waals surface area contributed by atoms with Crippen LogP contribution in [0.1, 0.15) is 32.1 Å². The minimum Gasteiger partial charge on any atom is -0.338 e. The van der Waals surface area contributed by atoms with E-state index in [4.69, 9.17) is 10.3 Å². The molecule has 126 valence electrons. The second kappa shape index (κ2) is 8.24. The Balaban J connectivity index is 0.00000192. The topological polar surface area (TPSA) is 68.2 Å². The van der Waals surface area contributed by atoms with Crippen LogP contribution in [0.15, 0.2) is 33.3 Å². The maximum absolute atomic E-state index is 6.11. The highest BCUT2D eigenvalue weighted by atomic mass is 79.9. The fraction of sp³-hybridized carbons (Fsp3) is 0.500. The number of nitrogens with zero attached hydrogens (tertiary/aromatic N) is 3. The second-order valence-electron chi connectivity index (χ2n) is 5.91. The molecule has 0 amide bonds. The molecule has 2 heterocycles. The maximum atomic E-state index is 6.11. The molecule has 0 aliphatic carbocycles. The van der Waals surface area contributed by atoms with Gasteiger partial charge in [-0.3, -0.25) is 4.90 Å². The van der Waals surface area contributed by atoms with Crippen LogP contribution in [0.3, 0.4) is 0 Å². The summed E-state index contributed by atoms with van der Waals surface area (Å²) in [6, 6.07) is 8.46. The highest BCUT2D eigenvalue weighted by Crippen LogP contribution is 2.23. The first kappa shape index (κ1) is 18.4. The van der Waals surface area contributed by atoms with Gasteiger partial charge in [-0.15, -0.1) is 12.4 Å². The lowest BCUT2D eigenvalue weighted by Crippen LogP contribution is -2.48. The summed E-state index contributed by atoms with van der Waals surface area (Å²) >= 11 is 3.46. The van der Waals surface area contributed by atoms with E-state index in [9.17, 15) is 0 Å². The Labute approximate surface area is 151 Å². The molecule has 1 aromatic heterocycles. The molecule has 1 aliphatic rings. The third-order valence-corrected chi connectivity index (χ3v) is 4.65. The Morgan fingerprint density at radius 1 is 1.43 bits per heavy atom. The Bertz CT molecular complexity index is 634. The molecule has 0 bridgehead atoms. The van der Waals surface area contributed by atoms with Crippen LogP contribution in [0.5, 0.6) is 0 Å². The molecule has 1 saturated heterocycles. The first-order valence-corrected chi connectivity index (χ1v) is 8.51. The molecule has 5 nitrogen and oxygen atoms in total. The van der Waals surface area contributed by atoms with Crippen LogP contribution in [0.25, 0.3) is 11.4 Å². The molecule has 1 fully saturated rings. The van der Waals surface area contributed by atoms with Gasteiger partial charge in [-0.05, 0) is 38.4 Å². The highest BCUT2D eigenvalue weighted by molar-refractivity contribution is 9.10. The predicted molar refractivity (Wildman–Crippen MR) is 96.4 cm³/mol. The first-order chi connectivity index (χ1) is 10.6. The van der Waals surface area contributed by atoms with Gasteiger partial charge in [0, 0.05) is 22.1 Å². The largest absolute Gasteiger partial charge is 0.338 e. The Hall–Kier alpha value is -0.950. The van der Waals surface area contributed by atoms with Gasteiger partial charge in [-0.1, -0.05) is 39.6 Å². The molecular weight excluding hydrogens is 380 g/mol. The minimum atomic E-state index is 0. The number of hydrogen-bond acceptors (Lipinski definition) is 5. The maximum Gasteiger partial charge on any atom is 0.241 e. The van der Waals surface area contributed by atoms with E-state index in [0.29, 0.717) is 24.3 Å². The highest BCUT2D eigenvalue weighted by Gasteiger charge is 2.26. The molecule has 2 N–H and O–H groups in total. The average molecular weight is 402 g/mol. The van der Waals surface area contributed by atoms with Crippen LogP contribution < -0.4 is 5.73 Å². The van der Waals surface area contributed by atoms with Crippen molar-refractivity contribution in [2.45, 2.75) is 44.8 Å². The van der Waals surface area contributed by atoms with Gasteiger partial charge in [0.05, 0.1) is 6.54 Å². The molecule has 1 aliphatic heterocycles. The van der Waals surface area contributed by atoms with E-state index in [2.05, 4.69) is 37.9 Å². The summed E-state index contributed by atoms with van der Waals surface area (Å²) in [6.07, 6.45) is 3.59. The van der Waals surface area contributed by atoms with Crippen molar-refractivity contribution in [2.24, 2.45) is 5.73 Å². The molecule has 7 heteroatoms. The monoisotopic (exact) mass is 400 g/mol. The van der Waals surface area contributed by atoms with Crippen LogP contribution in [-0.2, 0) is 6.54 Å². The van der Waals surface area contributed by atoms with Crippen molar-refractivity contribution in [3.8, 4) is 11.4 Å². The van der Waals surface area contributed by atoms with Crippen molar-refractivity contribution in [3.05, 3.63) is 34.6 Å². The van der Waals surface area contributed by atoms with E-state index in [1.165, 1.54) is 12.8 Å². The van der Waals surface area contributed by atoms with E-state index in [0.717, 1.165) is 23.0 Å². The summed E-state index contributed by atoms with van der Waals surface area (Å²) in [7, 11) is 0. The molecule has 2 unspecified atom stereocenters. The van der Waals surface area contributed by atoms with Gasteiger partial charge < -0.3 is 10.3 Å². The third-order valence-electron chi connectivity index (χ3n) is 4.16. The van der Waals surface area contributed by atoms with Crippen LogP contribution in [-0.4, -0.2) is 33.7 Å². The second-order valence-corrected chi connectivity index (χ2v) is 6.83.